The standard InChI is InChI=1S/C19H19NO4/c1-3-24-19-7-5-4-6-14(19)8-10-17(22)16-12-15(20-13(2)21)9-11-18(16)23/h4-12,23H,3H2,1-2H3,(H,20,21)/b10-8+. The Bertz CT molecular complexity index is 781. The van der Waals surface area contributed by atoms with E-state index in [1.165, 1.54) is 31.2 Å². The van der Waals surface area contributed by atoms with Gasteiger partial charge in [-0.2, -0.15) is 0 Å². The fraction of sp³-hybridized carbons (Fsp3) is 0.158. The highest BCUT2D eigenvalue weighted by molar-refractivity contribution is 6.09. The third-order valence-corrected chi connectivity index (χ3v) is 3.22. The van der Waals surface area contributed by atoms with Crippen molar-refractivity contribution in [2.75, 3.05) is 11.9 Å². The van der Waals surface area contributed by atoms with Crippen LogP contribution in [0, 0.1) is 0 Å². The molecule has 2 aromatic carbocycles. The summed E-state index contributed by atoms with van der Waals surface area (Å²) in [5, 5.41) is 12.5. The Morgan fingerprint density at radius 2 is 1.96 bits per heavy atom. The van der Waals surface area contributed by atoms with Crippen molar-refractivity contribution in [3.05, 3.63) is 59.7 Å². The molecule has 0 saturated heterocycles. The van der Waals surface area contributed by atoms with E-state index in [1.54, 1.807) is 6.08 Å². The lowest BCUT2D eigenvalue weighted by atomic mass is 10.1. The topological polar surface area (TPSA) is 75.6 Å². The Morgan fingerprint density at radius 3 is 2.67 bits per heavy atom. The number of hydrogen-bond acceptors (Lipinski definition) is 4. The van der Waals surface area contributed by atoms with Crippen molar-refractivity contribution in [1.82, 2.24) is 0 Å². The summed E-state index contributed by atoms with van der Waals surface area (Å²) in [4.78, 5) is 23.4. The van der Waals surface area contributed by atoms with Crippen molar-refractivity contribution in [3.63, 3.8) is 0 Å². The number of anilines is 1. The maximum atomic E-state index is 12.3. The maximum absolute atomic E-state index is 12.3. The van der Waals surface area contributed by atoms with Crippen molar-refractivity contribution in [2.24, 2.45) is 0 Å². The van der Waals surface area contributed by atoms with Crippen LogP contribution in [-0.4, -0.2) is 23.4 Å². The lowest BCUT2D eigenvalue weighted by Gasteiger charge is -2.07. The number of ether oxygens (including phenoxy) is 1. The van der Waals surface area contributed by atoms with Gasteiger partial charge in [0.15, 0.2) is 5.78 Å². The van der Waals surface area contributed by atoms with E-state index in [1.807, 2.05) is 31.2 Å². The number of phenols is 1. The Kier molecular flexibility index (Phi) is 5.73. The first-order valence-electron chi connectivity index (χ1n) is 7.56. The summed E-state index contributed by atoms with van der Waals surface area (Å²) in [6, 6.07) is 11.7. The van der Waals surface area contributed by atoms with Gasteiger partial charge in [-0.25, -0.2) is 0 Å². The van der Waals surface area contributed by atoms with Gasteiger partial charge in [0.2, 0.25) is 5.91 Å². The maximum Gasteiger partial charge on any atom is 0.221 e. The summed E-state index contributed by atoms with van der Waals surface area (Å²) in [7, 11) is 0. The van der Waals surface area contributed by atoms with E-state index in [4.69, 9.17) is 4.74 Å². The number of nitrogens with one attached hydrogen (secondary N) is 1. The largest absolute Gasteiger partial charge is 0.507 e. The number of ketones is 1. The van der Waals surface area contributed by atoms with Crippen LogP contribution in [0.25, 0.3) is 6.08 Å². The number of benzene rings is 2. The number of carbonyl (C=O) groups is 2. The summed E-state index contributed by atoms with van der Waals surface area (Å²) in [6.45, 7) is 3.79. The first kappa shape index (κ1) is 17.3. The fourth-order valence-corrected chi connectivity index (χ4v) is 2.17. The second kappa shape index (κ2) is 7.97. The molecule has 124 valence electrons. The monoisotopic (exact) mass is 325 g/mol. The summed E-state index contributed by atoms with van der Waals surface area (Å²) in [5.41, 5.74) is 1.34. The molecule has 0 spiro atoms. The summed E-state index contributed by atoms with van der Waals surface area (Å²) in [5.74, 6) is -0.0802. The zero-order chi connectivity index (χ0) is 17.5. The van der Waals surface area contributed by atoms with E-state index >= 15 is 0 Å². The average molecular weight is 325 g/mol. The number of rotatable bonds is 6. The van der Waals surface area contributed by atoms with Crippen LogP contribution < -0.4 is 10.1 Å². The summed E-state index contributed by atoms with van der Waals surface area (Å²) in [6.07, 6.45) is 3.00. The van der Waals surface area contributed by atoms with Crippen LogP contribution in [-0.2, 0) is 4.79 Å². The third kappa shape index (κ3) is 4.46. The molecule has 0 aromatic heterocycles. The third-order valence-electron chi connectivity index (χ3n) is 3.22. The first-order valence-corrected chi connectivity index (χ1v) is 7.56. The molecule has 0 unspecified atom stereocenters. The van der Waals surface area contributed by atoms with E-state index in [0.717, 1.165) is 5.56 Å². The van der Waals surface area contributed by atoms with Crippen LogP contribution in [0.2, 0.25) is 0 Å². The predicted molar refractivity (Wildman–Crippen MR) is 93.4 cm³/mol. The van der Waals surface area contributed by atoms with Crippen LogP contribution in [0.5, 0.6) is 11.5 Å². The molecule has 0 aliphatic heterocycles. The van der Waals surface area contributed by atoms with Gasteiger partial charge in [0.05, 0.1) is 12.2 Å². The molecule has 1 amide bonds. The molecule has 0 radical (unpaired) electrons. The van der Waals surface area contributed by atoms with Crippen LogP contribution in [0.1, 0.15) is 29.8 Å². The van der Waals surface area contributed by atoms with E-state index in [9.17, 15) is 14.7 Å². The molecule has 2 N–H and O–H groups in total. The van der Waals surface area contributed by atoms with Gasteiger partial charge in [0.25, 0.3) is 0 Å². The van der Waals surface area contributed by atoms with Gasteiger partial charge in [-0.1, -0.05) is 18.2 Å². The SMILES string of the molecule is CCOc1ccccc1/C=C/C(=O)c1cc(NC(C)=O)ccc1O. The first-order chi connectivity index (χ1) is 11.5. The van der Waals surface area contributed by atoms with Crippen molar-refractivity contribution in [2.45, 2.75) is 13.8 Å². The average Bonchev–Trinajstić information content (AvgIpc) is 2.55. The molecule has 0 aliphatic carbocycles. The minimum absolute atomic E-state index is 0.117. The summed E-state index contributed by atoms with van der Waals surface area (Å²) < 4.78 is 5.50. The molecule has 0 atom stereocenters. The van der Waals surface area contributed by atoms with Crippen molar-refractivity contribution in [3.8, 4) is 11.5 Å². The molecule has 5 heteroatoms. The Hall–Kier alpha value is -3.08. The van der Waals surface area contributed by atoms with Crippen molar-refractivity contribution < 1.29 is 19.4 Å². The molecule has 0 bridgehead atoms. The number of allylic oxidation sites excluding steroid dienone is 1. The van der Waals surface area contributed by atoms with Gasteiger partial charge in [0.1, 0.15) is 11.5 Å². The molecule has 0 aliphatic rings. The number of carbonyl (C=O) groups excluding carboxylic acids is 2. The zero-order valence-corrected chi connectivity index (χ0v) is 13.6. The van der Waals surface area contributed by atoms with Gasteiger partial charge in [-0.05, 0) is 43.3 Å². The molecular weight excluding hydrogens is 306 g/mol. The quantitative estimate of drug-likeness (QED) is 0.483. The predicted octanol–water partition coefficient (Wildman–Crippen LogP) is 3.65. The molecule has 2 rings (SSSR count). The minimum Gasteiger partial charge on any atom is -0.507 e. The molecule has 5 nitrogen and oxygen atoms in total. The second-order valence-corrected chi connectivity index (χ2v) is 5.08. The molecule has 0 heterocycles. The number of amides is 1. The molecule has 0 fully saturated rings. The number of para-hydroxylation sites is 1. The zero-order valence-electron chi connectivity index (χ0n) is 13.6. The van der Waals surface area contributed by atoms with E-state index in [0.29, 0.717) is 18.0 Å². The highest BCUT2D eigenvalue weighted by Gasteiger charge is 2.10. The van der Waals surface area contributed by atoms with Crippen LogP contribution in [0.15, 0.2) is 48.5 Å². The van der Waals surface area contributed by atoms with Gasteiger partial charge in [-0.15, -0.1) is 0 Å². The van der Waals surface area contributed by atoms with Crippen molar-refractivity contribution >= 4 is 23.5 Å². The molecule has 24 heavy (non-hydrogen) atoms. The summed E-state index contributed by atoms with van der Waals surface area (Å²) >= 11 is 0. The van der Waals surface area contributed by atoms with Crippen LogP contribution in [0.4, 0.5) is 5.69 Å². The number of phenolic OH excluding ortho intramolecular Hbond substituents is 1. The number of hydrogen-bond donors (Lipinski definition) is 2. The Morgan fingerprint density at radius 1 is 1.21 bits per heavy atom. The Labute approximate surface area is 140 Å². The van der Waals surface area contributed by atoms with E-state index in [-0.39, 0.29) is 23.0 Å². The Balaban J connectivity index is 2.25. The highest BCUT2D eigenvalue weighted by Crippen LogP contribution is 2.24. The minimum atomic E-state index is -0.369. The van der Waals surface area contributed by atoms with Crippen molar-refractivity contribution in [1.29, 1.82) is 0 Å². The lowest BCUT2D eigenvalue weighted by Crippen LogP contribution is -2.06. The normalized spacial score (nSPS) is 10.6. The van der Waals surface area contributed by atoms with Gasteiger partial charge in [-0.3, -0.25) is 9.59 Å². The second-order valence-electron chi connectivity index (χ2n) is 5.08. The van der Waals surface area contributed by atoms with Crippen LogP contribution in [0.3, 0.4) is 0 Å². The lowest BCUT2D eigenvalue weighted by molar-refractivity contribution is -0.114. The van der Waals surface area contributed by atoms with Gasteiger partial charge in [0, 0.05) is 18.2 Å². The van der Waals surface area contributed by atoms with E-state index < -0.39 is 0 Å². The van der Waals surface area contributed by atoms with Crippen LogP contribution >= 0.6 is 0 Å². The number of aromatic hydroxyl groups is 1. The molecule has 0 saturated carbocycles. The fourth-order valence-electron chi connectivity index (χ4n) is 2.17. The molecule has 2 aromatic rings. The van der Waals surface area contributed by atoms with Gasteiger partial charge >= 0.3 is 0 Å². The molecular formula is C19H19NO4. The smallest absolute Gasteiger partial charge is 0.221 e. The highest BCUT2D eigenvalue weighted by atomic mass is 16.5. The van der Waals surface area contributed by atoms with E-state index in [2.05, 4.69) is 5.32 Å². The van der Waals surface area contributed by atoms with Gasteiger partial charge < -0.3 is 15.2 Å².